The summed E-state index contributed by atoms with van der Waals surface area (Å²) < 4.78 is 10.2. The van der Waals surface area contributed by atoms with Crippen LogP contribution in [0, 0.1) is 0 Å². The third kappa shape index (κ3) is 2.79. The molecule has 0 amide bonds. The van der Waals surface area contributed by atoms with Crippen molar-refractivity contribution in [2.24, 2.45) is 0 Å². The zero-order valence-corrected chi connectivity index (χ0v) is 9.92. The largest absolute Gasteiger partial charge is 0.497 e. The van der Waals surface area contributed by atoms with Crippen molar-refractivity contribution >= 4 is 11.7 Å². The summed E-state index contributed by atoms with van der Waals surface area (Å²) in [6.45, 7) is 0. The van der Waals surface area contributed by atoms with E-state index in [1.165, 1.54) is 0 Å². The average Bonchev–Trinajstić information content (AvgIpc) is 2.41. The van der Waals surface area contributed by atoms with Crippen LogP contribution in [-0.4, -0.2) is 13.1 Å². The van der Waals surface area contributed by atoms with Crippen LogP contribution in [0.4, 0.5) is 5.69 Å². The standard InChI is InChI=1S/C14H13NO3/c1-17-12-6-2-10(3-7-12)14(16)18-13-8-4-11(15)5-9-13/h2-9H,15H2,1H3. The Bertz CT molecular complexity index is 532. The van der Waals surface area contributed by atoms with E-state index < -0.39 is 5.97 Å². The van der Waals surface area contributed by atoms with Gasteiger partial charge in [0.1, 0.15) is 11.5 Å². The Kier molecular flexibility index (Phi) is 3.48. The topological polar surface area (TPSA) is 61.5 Å². The van der Waals surface area contributed by atoms with Gasteiger partial charge in [-0.25, -0.2) is 4.79 Å². The van der Waals surface area contributed by atoms with Gasteiger partial charge in [0.05, 0.1) is 12.7 Å². The molecule has 0 atom stereocenters. The molecule has 2 N–H and O–H groups in total. The van der Waals surface area contributed by atoms with Gasteiger partial charge in [-0.2, -0.15) is 0 Å². The SMILES string of the molecule is COc1ccc(C(=O)Oc2ccc(N)cc2)cc1. The van der Waals surface area contributed by atoms with E-state index >= 15 is 0 Å². The van der Waals surface area contributed by atoms with Gasteiger partial charge >= 0.3 is 5.97 Å². The molecule has 0 unspecified atom stereocenters. The Morgan fingerprint density at radius 1 is 0.944 bits per heavy atom. The Morgan fingerprint density at radius 3 is 2.06 bits per heavy atom. The van der Waals surface area contributed by atoms with E-state index in [1.54, 1.807) is 55.6 Å². The zero-order chi connectivity index (χ0) is 13.0. The van der Waals surface area contributed by atoms with E-state index in [-0.39, 0.29) is 0 Å². The molecule has 0 aliphatic rings. The molecule has 4 nitrogen and oxygen atoms in total. The van der Waals surface area contributed by atoms with Gasteiger partial charge in [-0.05, 0) is 48.5 Å². The van der Waals surface area contributed by atoms with Crippen LogP contribution in [0.1, 0.15) is 10.4 Å². The van der Waals surface area contributed by atoms with Crippen LogP contribution in [0.25, 0.3) is 0 Å². The first kappa shape index (κ1) is 12.0. The molecule has 0 fully saturated rings. The normalized spacial score (nSPS) is 9.83. The van der Waals surface area contributed by atoms with E-state index in [4.69, 9.17) is 15.2 Å². The number of nitrogens with two attached hydrogens (primary N) is 1. The predicted molar refractivity (Wildman–Crippen MR) is 68.8 cm³/mol. The molecule has 0 aromatic heterocycles. The lowest BCUT2D eigenvalue weighted by molar-refractivity contribution is 0.0735. The monoisotopic (exact) mass is 243 g/mol. The van der Waals surface area contributed by atoms with Gasteiger partial charge < -0.3 is 15.2 Å². The molecule has 2 aromatic rings. The molecule has 0 spiro atoms. The molecule has 4 heteroatoms. The van der Waals surface area contributed by atoms with Gasteiger partial charge in [-0.3, -0.25) is 0 Å². The van der Waals surface area contributed by atoms with Crippen molar-refractivity contribution in [3.63, 3.8) is 0 Å². The molecular weight excluding hydrogens is 230 g/mol. The van der Waals surface area contributed by atoms with Crippen molar-refractivity contribution in [2.75, 3.05) is 12.8 Å². The van der Waals surface area contributed by atoms with Crippen molar-refractivity contribution in [2.45, 2.75) is 0 Å². The van der Waals surface area contributed by atoms with Crippen molar-refractivity contribution in [1.82, 2.24) is 0 Å². The summed E-state index contributed by atoms with van der Waals surface area (Å²) >= 11 is 0. The minimum atomic E-state index is -0.414. The van der Waals surface area contributed by atoms with Gasteiger partial charge in [0.25, 0.3) is 0 Å². The minimum Gasteiger partial charge on any atom is -0.497 e. The fourth-order valence-corrected chi connectivity index (χ4v) is 1.43. The number of carbonyl (C=O) groups excluding carboxylic acids is 1. The molecule has 0 saturated carbocycles. The number of rotatable bonds is 3. The molecule has 0 bridgehead atoms. The first-order valence-electron chi connectivity index (χ1n) is 5.41. The molecule has 0 aliphatic carbocycles. The number of hydrogen-bond donors (Lipinski definition) is 1. The van der Waals surface area contributed by atoms with Crippen molar-refractivity contribution < 1.29 is 14.3 Å². The van der Waals surface area contributed by atoms with Crippen LogP contribution in [0.3, 0.4) is 0 Å². The Balaban J connectivity index is 2.09. The number of nitrogen functional groups attached to an aromatic ring is 1. The Hall–Kier alpha value is -2.49. The third-order valence-corrected chi connectivity index (χ3v) is 2.42. The highest BCUT2D eigenvalue weighted by Crippen LogP contribution is 2.16. The summed E-state index contributed by atoms with van der Waals surface area (Å²) in [4.78, 5) is 11.8. The summed E-state index contributed by atoms with van der Waals surface area (Å²) in [5, 5.41) is 0. The van der Waals surface area contributed by atoms with Crippen molar-refractivity contribution in [1.29, 1.82) is 0 Å². The van der Waals surface area contributed by atoms with Gasteiger partial charge in [0, 0.05) is 5.69 Å². The van der Waals surface area contributed by atoms with Crippen LogP contribution in [0.2, 0.25) is 0 Å². The maximum Gasteiger partial charge on any atom is 0.343 e. The minimum absolute atomic E-state index is 0.414. The van der Waals surface area contributed by atoms with E-state index in [1.807, 2.05) is 0 Å². The highest BCUT2D eigenvalue weighted by molar-refractivity contribution is 5.91. The number of carbonyl (C=O) groups is 1. The van der Waals surface area contributed by atoms with Crippen LogP contribution >= 0.6 is 0 Å². The Morgan fingerprint density at radius 2 is 1.50 bits per heavy atom. The van der Waals surface area contributed by atoms with Gasteiger partial charge in [-0.1, -0.05) is 0 Å². The lowest BCUT2D eigenvalue weighted by Crippen LogP contribution is -2.08. The second-order valence-electron chi connectivity index (χ2n) is 3.69. The number of benzene rings is 2. The number of esters is 1. The number of anilines is 1. The predicted octanol–water partition coefficient (Wildman–Crippen LogP) is 2.50. The van der Waals surface area contributed by atoms with Gasteiger partial charge in [-0.15, -0.1) is 0 Å². The van der Waals surface area contributed by atoms with Crippen molar-refractivity contribution in [3.05, 3.63) is 54.1 Å². The molecular formula is C14H13NO3. The highest BCUT2D eigenvalue weighted by atomic mass is 16.5. The smallest absolute Gasteiger partial charge is 0.343 e. The van der Waals surface area contributed by atoms with Gasteiger partial charge in [0.2, 0.25) is 0 Å². The molecule has 0 heterocycles. The van der Waals surface area contributed by atoms with E-state index in [0.29, 0.717) is 22.7 Å². The molecule has 18 heavy (non-hydrogen) atoms. The van der Waals surface area contributed by atoms with Gasteiger partial charge in [0.15, 0.2) is 0 Å². The van der Waals surface area contributed by atoms with Crippen molar-refractivity contribution in [3.8, 4) is 11.5 Å². The molecule has 0 saturated heterocycles. The number of ether oxygens (including phenoxy) is 2. The third-order valence-electron chi connectivity index (χ3n) is 2.42. The maximum atomic E-state index is 11.8. The second kappa shape index (κ2) is 5.23. The summed E-state index contributed by atoms with van der Waals surface area (Å²) in [7, 11) is 1.57. The fraction of sp³-hybridized carbons (Fsp3) is 0.0714. The molecule has 0 radical (unpaired) electrons. The molecule has 2 aromatic carbocycles. The maximum absolute atomic E-state index is 11.8. The molecule has 0 aliphatic heterocycles. The van der Waals surface area contributed by atoms with Crippen LogP contribution in [0.15, 0.2) is 48.5 Å². The number of methoxy groups -OCH3 is 1. The van der Waals surface area contributed by atoms with Crippen LogP contribution < -0.4 is 15.2 Å². The van der Waals surface area contributed by atoms with Crippen LogP contribution in [-0.2, 0) is 0 Å². The second-order valence-corrected chi connectivity index (χ2v) is 3.69. The quantitative estimate of drug-likeness (QED) is 0.511. The summed E-state index contributed by atoms with van der Waals surface area (Å²) in [5.74, 6) is 0.742. The lowest BCUT2D eigenvalue weighted by Gasteiger charge is -2.05. The first-order chi connectivity index (χ1) is 8.69. The highest BCUT2D eigenvalue weighted by Gasteiger charge is 2.08. The van der Waals surface area contributed by atoms with E-state index in [2.05, 4.69) is 0 Å². The summed E-state index contributed by atoms with van der Waals surface area (Å²) in [6.07, 6.45) is 0. The zero-order valence-electron chi connectivity index (χ0n) is 9.92. The summed E-state index contributed by atoms with van der Waals surface area (Å²) in [5.41, 5.74) is 6.64. The summed E-state index contributed by atoms with van der Waals surface area (Å²) in [6, 6.07) is 13.4. The van der Waals surface area contributed by atoms with E-state index in [9.17, 15) is 4.79 Å². The molecule has 92 valence electrons. The molecule has 2 rings (SSSR count). The first-order valence-corrected chi connectivity index (χ1v) is 5.41. The van der Waals surface area contributed by atoms with Crippen LogP contribution in [0.5, 0.6) is 11.5 Å². The lowest BCUT2D eigenvalue weighted by atomic mass is 10.2. The average molecular weight is 243 g/mol. The Labute approximate surface area is 105 Å². The number of hydrogen-bond acceptors (Lipinski definition) is 4. The fourth-order valence-electron chi connectivity index (χ4n) is 1.43. The van der Waals surface area contributed by atoms with E-state index in [0.717, 1.165) is 0 Å².